The SMILES string of the molecule is Cc1cccc(C(=O)NCCCN2CCCCCC2=O)c1I. The molecule has 0 radical (unpaired) electrons. The first kappa shape index (κ1) is 17.2. The van der Waals surface area contributed by atoms with Crippen LogP contribution in [-0.2, 0) is 4.79 Å². The van der Waals surface area contributed by atoms with Gasteiger partial charge < -0.3 is 10.2 Å². The molecule has 1 N–H and O–H groups in total. The van der Waals surface area contributed by atoms with Crippen molar-refractivity contribution in [1.29, 1.82) is 0 Å². The lowest BCUT2D eigenvalue weighted by atomic mass is 10.1. The molecule has 0 bridgehead atoms. The molecule has 0 saturated carbocycles. The number of carbonyl (C=O) groups excluding carboxylic acids is 2. The number of likely N-dealkylation sites (tertiary alicyclic amines) is 1. The van der Waals surface area contributed by atoms with Crippen LogP contribution in [0.3, 0.4) is 0 Å². The molecule has 120 valence electrons. The summed E-state index contributed by atoms with van der Waals surface area (Å²) in [5.74, 6) is 0.229. The van der Waals surface area contributed by atoms with E-state index in [2.05, 4.69) is 27.9 Å². The van der Waals surface area contributed by atoms with Gasteiger partial charge in [-0.2, -0.15) is 0 Å². The Morgan fingerprint density at radius 3 is 2.95 bits per heavy atom. The van der Waals surface area contributed by atoms with Gasteiger partial charge in [-0.05, 0) is 60.4 Å². The van der Waals surface area contributed by atoms with Crippen molar-refractivity contribution >= 4 is 34.4 Å². The summed E-state index contributed by atoms with van der Waals surface area (Å²) in [6, 6.07) is 5.76. The molecule has 1 fully saturated rings. The molecule has 1 aromatic carbocycles. The summed E-state index contributed by atoms with van der Waals surface area (Å²) in [6.07, 6.45) is 4.73. The Labute approximate surface area is 145 Å². The lowest BCUT2D eigenvalue weighted by molar-refractivity contribution is -0.130. The normalized spacial score (nSPS) is 15.5. The summed E-state index contributed by atoms with van der Waals surface area (Å²) in [5, 5.41) is 2.96. The molecule has 4 nitrogen and oxygen atoms in total. The number of nitrogens with one attached hydrogen (secondary N) is 1. The molecule has 1 aromatic rings. The highest BCUT2D eigenvalue weighted by atomic mass is 127. The van der Waals surface area contributed by atoms with Crippen molar-refractivity contribution in [3.8, 4) is 0 Å². The highest BCUT2D eigenvalue weighted by Gasteiger charge is 2.16. The van der Waals surface area contributed by atoms with Crippen LogP contribution in [0.2, 0.25) is 0 Å². The maximum atomic E-state index is 12.2. The lowest BCUT2D eigenvalue weighted by Crippen LogP contribution is -2.34. The minimum Gasteiger partial charge on any atom is -0.352 e. The highest BCUT2D eigenvalue weighted by Crippen LogP contribution is 2.16. The molecular weight excluding hydrogens is 391 g/mol. The molecule has 22 heavy (non-hydrogen) atoms. The van der Waals surface area contributed by atoms with Crippen LogP contribution >= 0.6 is 22.6 Å². The summed E-state index contributed by atoms with van der Waals surface area (Å²) in [7, 11) is 0. The average Bonchev–Trinajstić information content (AvgIpc) is 2.71. The van der Waals surface area contributed by atoms with E-state index in [0.29, 0.717) is 13.0 Å². The summed E-state index contributed by atoms with van der Waals surface area (Å²) < 4.78 is 1.00. The fourth-order valence-corrected chi connectivity index (χ4v) is 3.27. The Bertz CT molecular complexity index is 545. The van der Waals surface area contributed by atoms with Crippen molar-refractivity contribution < 1.29 is 9.59 Å². The zero-order chi connectivity index (χ0) is 15.9. The van der Waals surface area contributed by atoms with Gasteiger partial charge in [0.05, 0.1) is 5.56 Å². The second-order valence-electron chi connectivity index (χ2n) is 5.74. The van der Waals surface area contributed by atoms with Crippen molar-refractivity contribution in [3.05, 3.63) is 32.9 Å². The minimum absolute atomic E-state index is 0.0321. The Balaban J connectivity index is 1.77. The van der Waals surface area contributed by atoms with Crippen molar-refractivity contribution in [2.24, 2.45) is 0 Å². The Hall–Kier alpha value is -1.11. The molecular formula is C17H23IN2O2. The zero-order valence-corrected chi connectivity index (χ0v) is 15.2. The largest absolute Gasteiger partial charge is 0.352 e. The number of hydrogen-bond acceptors (Lipinski definition) is 2. The maximum absolute atomic E-state index is 12.2. The lowest BCUT2D eigenvalue weighted by Gasteiger charge is -2.20. The van der Waals surface area contributed by atoms with Crippen LogP contribution in [0.15, 0.2) is 18.2 Å². The number of hydrogen-bond donors (Lipinski definition) is 1. The van der Waals surface area contributed by atoms with Crippen LogP contribution in [0.5, 0.6) is 0 Å². The van der Waals surface area contributed by atoms with Gasteiger partial charge in [-0.25, -0.2) is 0 Å². The number of halogens is 1. The first-order valence-electron chi connectivity index (χ1n) is 7.90. The zero-order valence-electron chi connectivity index (χ0n) is 13.0. The number of carbonyl (C=O) groups is 2. The number of amides is 2. The van der Waals surface area contributed by atoms with E-state index in [1.165, 1.54) is 0 Å². The van der Waals surface area contributed by atoms with E-state index in [4.69, 9.17) is 0 Å². The number of benzene rings is 1. The van der Waals surface area contributed by atoms with Crippen LogP contribution in [0, 0.1) is 10.5 Å². The summed E-state index contributed by atoms with van der Waals surface area (Å²) in [6.45, 7) is 4.21. The van der Waals surface area contributed by atoms with Gasteiger partial charge in [0.25, 0.3) is 5.91 Å². The van der Waals surface area contributed by atoms with Crippen molar-refractivity contribution in [2.75, 3.05) is 19.6 Å². The van der Waals surface area contributed by atoms with Crippen LogP contribution in [0.25, 0.3) is 0 Å². The van der Waals surface area contributed by atoms with Crippen LogP contribution < -0.4 is 5.32 Å². The smallest absolute Gasteiger partial charge is 0.252 e. The predicted molar refractivity (Wildman–Crippen MR) is 95.9 cm³/mol. The van der Waals surface area contributed by atoms with E-state index in [1.807, 2.05) is 30.0 Å². The van der Waals surface area contributed by atoms with E-state index >= 15 is 0 Å². The van der Waals surface area contributed by atoms with E-state index in [1.54, 1.807) is 0 Å². The van der Waals surface area contributed by atoms with Crippen molar-refractivity contribution in [3.63, 3.8) is 0 Å². The molecule has 1 saturated heterocycles. The molecule has 2 amide bonds. The number of aryl methyl sites for hydroxylation is 1. The summed E-state index contributed by atoms with van der Waals surface area (Å²) in [5.41, 5.74) is 1.84. The van der Waals surface area contributed by atoms with Crippen LogP contribution in [-0.4, -0.2) is 36.3 Å². The third-order valence-corrected chi connectivity index (χ3v) is 5.43. The van der Waals surface area contributed by atoms with Crippen LogP contribution in [0.1, 0.15) is 48.0 Å². The quantitative estimate of drug-likeness (QED) is 0.595. The first-order chi connectivity index (χ1) is 10.6. The molecule has 1 heterocycles. The van der Waals surface area contributed by atoms with Gasteiger partial charge in [-0.15, -0.1) is 0 Å². The van der Waals surface area contributed by atoms with Crippen LogP contribution in [0.4, 0.5) is 0 Å². The fourth-order valence-electron chi connectivity index (χ4n) is 2.66. The highest BCUT2D eigenvalue weighted by molar-refractivity contribution is 14.1. The van der Waals surface area contributed by atoms with Gasteiger partial charge in [-0.1, -0.05) is 18.6 Å². The molecule has 5 heteroatoms. The molecule has 0 spiro atoms. The Morgan fingerprint density at radius 1 is 1.32 bits per heavy atom. The third kappa shape index (κ3) is 4.69. The Morgan fingerprint density at radius 2 is 2.14 bits per heavy atom. The van der Waals surface area contributed by atoms with Gasteiger partial charge in [-0.3, -0.25) is 9.59 Å². The summed E-state index contributed by atoms with van der Waals surface area (Å²) >= 11 is 2.21. The second kappa shape index (κ2) is 8.50. The van der Waals surface area contributed by atoms with Gasteiger partial charge in [0.2, 0.25) is 5.91 Å². The van der Waals surface area contributed by atoms with Gasteiger partial charge in [0, 0.05) is 29.6 Å². The number of rotatable bonds is 5. The Kier molecular flexibility index (Phi) is 6.67. The van der Waals surface area contributed by atoms with Gasteiger partial charge in [0.15, 0.2) is 0 Å². The predicted octanol–water partition coefficient (Wildman–Crippen LogP) is 3.12. The second-order valence-corrected chi connectivity index (χ2v) is 6.82. The van der Waals surface area contributed by atoms with Crippen molar-refractivity contribution in [2.45, 2.75) is 39.0 Å². The third-order valence-electron chi connectivity index (χ3n) is 4.00. The summed E-state index contributed by atoms with van der Waals surface area (Å²) in [4.78, 5) is 26.0. The standard InChI is InChI=1S/C17H23IN2O2/c1-13-7-5-8-14(16(13)18)17(22)19-10-6-12-20-11-4-2-3-9-15(20)21/h5,7-8H,2-4,6,9-12H2,1H3,(H,19,22). The van der Waals surface area contributed by atoms with E-state index in [0.717, 1.165) is 53.5 Å². The first-order valence-corrected chi connectivity index (χ1v) is 8.98. The number of nitrogens with zero attached hydrogens (tertiary/aromatic N) is 1. The minimum atomic E-state index is -0.0321. The molecule has 2 rings (SSSR count). The molecule has 0 aromatic heterocycles. The average molecular weight is 414 g/mol. The maximum Gasteiger partial charge on any atom is 0.252 e. The van der Waals surface area contributed by atoms with Gasteiger partial charge >= 0.3 is 0 Å². The topological polar surface area (TPSA) is 49.4 Å². The van der Waals surface area contributed by atoms with E-state index in [9.17, 15) is 9.59 Å². The molecule has 1 aliphatic rings. The fraction of sp³-hybridized carbons (Fsp3) is 0.529. The molecule has 1 aliphatic heterocycles. The van der Waals surface area contributed by atoms with E-state index in [-0.39, 0.29) is 11.8 Å². The van der Waals surface area contributed by atoms with Gasteiger partial charge in [0.1, 0.15) is 0 Å². The molecule has 0 aliphatic carbocycles. The molecule has 0 atom stereocenters. The monoisotopic (exact) mass is 414 g/mol. The molecule has 0 unspecified atom stereocenters. The van der Waals surface area contributed by atoms with E-state index < -0.39 is 0 Å². The van der Waals surface area contributed by atoms with Crippen molar-refractivity contribution in [1.82, 2.24) is 10.2 Å².